The van der Waals surface area contributed by atoms with Crippen LogP contribution in [0.5, 0.6) is 11.5 Å². The molecule has 11 nitrogen and oxygen atoms in total. The molecule has 3 aromatic rings. The average Bonchev–Trinajstić information content (AvgIpc) is 3.23. The normalized spacial score (nSPS) is 13.4. The van der Waals surface area contributed by atoms with Gasteiger partial charge in [-0.1, -0.05) is 6.07 Å². The topological polar surface area (TPSA) is 128 Å². The molecule has 0 aliphatic heterocycles. The van der Waals surface area contributed by atoms with Crippen LogP contribution in [0.2, 0.25) is 0 Å². The Bertz CT molecular complexity index is 1210. The first-order valence-corrected chi connectivity index (χ1v) is 12.7. The van der Waals surface area contributed by atoms with Crippen LogP contribution >= 0.6 is 0 Å². The Balaban J connectivity index is 2.06. The summed E-state index contributed by atoms with van der Waals surface area (Å²) >= 11 is 0. The fraction of sp³-hybridized carbons (Fsp3) is 0.478. The van der Waals surface area contributed by atoms with Crippen molar-refractivity contribution < 1.29 is 27.4 Å². The molecular formula is C23H31N5O6S. The van der Waals surface area contributed by atoms with Crippen LogP contribution in [0.1, 0.15) is 43.0 Å². The Morgan fingerprint density at radius 3 is 2.14 bits per heavy atom. The summed E-state index contributed by atoms with van der Waals surface area (Å²) in [5.74, 6) is 1.41. The van der Waals surface area contributed by atoms with E-state index in [1.54, 1.807) is 49.0 Å². The summed E-state index contributed by atoms with van der Waals surface area (Å²) in [6.45, 7) is 5.63. The lowest BCUT2D eigenvalue weighted by atomic mass is 10.2. The maximum atomic E-state index is 13.6. The van der Waals surface area contributed by atoms with E-state index < -0.39 is 26.9 Å². The van der Waals surface area contributed by atoms with Crippen molar-refractivity contribution in [2.75, 3.05) is 27.9 Å². The molecule has 0 bridgehead atoms. The third-order valence-corrected chi connectivity index (χ3v) is 7.46. The molecule has 3 rings (SSSR count). The minimum Gasteiger partial charge on any atom is -0.494 e. The molecule has 0 N–H and O–H groups in total. The number of rotatable bonds is 12. The van der Waals surface area contributed by atoms with E-state index in [1.165, 1.54) is 21.3 Å². The molecule has 0 unspecified atom stereocenters. The minimum atomic E-state index is -3.82. The average molecular weight is 506 g/mol. The molecule has 0 aliphatic rings. The van der Waals surface area contributed by atoms with Crippen molar-refractivity contribution in [3.63, 3.8) is 0 Å². The first-order valence-electron chi connectivity index (χ1n) is 11.0. The van der Waals surface area contributed by atoms with Crippen molar-refractivity contribution in [3.8, 4) is 17.2 Å². The summed E-state index contributed by atoms with van der Waals surface area (Å²) in [4.78, 5) is 8.59. The minimum absolute atomic E-state index is 0.0998. The van der Waals surface area contributed by atoms with Gasteiger partial charge in [0.25, 0.3) is 0 Å². The van der Waals surface area contributed by atoms with Gasteiger partial charge in [0.1, 0.15) is 35.7 Å². The molecule has 0 fully saturated rings. The van der Waals surface area contributed by atoms with E-state index in [2.05, 4.69) is 20.2 Å². The zero-order valence-corrected chi connectivity index (χ0v) is 21.6. The predicted molar refractivity (Wildman–Crippen MR) is 128 cm³/mol. The lowest BCUT2D eigenvalue weighted by molar-refractivity contribution is 0.0556. The van der Waals surface area contributed by atoms with Crippen LogP contribution in [0.4, 0.5) is 0 Å². The van der Waals surface area contributed by atoms with Gasteiger partial charge in [-0.25, -0.2) is 18.4 Å². The number of ether oxygens (including phenoxy) is 4. The van der Waals surface area contributed by atoms with Crippen LogP contribution in [0.25, 0.3) is 5.69 Å². The SMILES string of the molecule is CCO[C@H](c1ncc(C)cn1)[C@H](C)S(=O)(=O)Cc1nnc(COC)n1-c1c(OC)cccc1OC. The smallest absolute Gasteiger partial charge is 0.163 e. The van der Waals surface area contributed by atoms with Crippen molar-refractivity contribution in [2.24, 2.45) is 0 Å². The summed E-state index contributed by atoms with van der Waals surface area (Å²) < 4.78 is 50.9. The van der Waals surface area contributed by atoms with E-state index in [1.807, 2.05) is 6.92 Å². The van der Waals surface area contributed by atoms with Gasteiger partial charge in [0, 0.05) is 26.1 Å². The lowest BCUT2D eigenvalue weighted by Crippen LogP contribution is -2.30. The Hall–Kier alpha value is -3.09. The third kappa shape index (κ3) is 5.77. The van der Waals surface area contributed by atoms with Gasteiger partial charge in [0.2, 0.25) is 0 Å². The van der Waals surface area contributed by atoms with E-state index in [4.69, 9.17) is 18.9 Å². The molecule has 12 heteroatoms. The number of hydrogen-bond acceptors (Lipinski definition) is 10. The van der Waals surface area contributed by atoms with E-state index >= 15 is 0 Å². The second-order valence-electron chi connectivity index (χ2n) is 7.82. The second-order valence-corrected chi connectivity index (χ2v) is 10.2. The van der Waals surface area contributed by atoms with Crippen LogP contribution in [-0.2, 0) is 31.7 Å². The number of aromatic nitrogens is 5. The molecule has 0 aliphatic carbocycles. The second kappa shape index (κ2) is 11.6. The molecule has 190 valence electrons. The van der Waals surface area contributed by atoms with E-state index in [9.17, 15) is 8.42 Å². The van der Waals surface area contributed by atoms with Crippen LogP contribution < -0.4 is 9.47 Å². The largest absolute Gasteiger partial charge is 0.494 e. The standard InChI is InChI=1S/C23H31N5O6S/c1-7-34-22(23-24-11-15(2)12-25-23)16(3)35(29,30)14-20-27-26-19(13-31-4)28(20)21-17(32-5)9-8-10-18(21)33-6/h8-12,16,22H,7,13-14H2,1-6H3/t16-,22-/m0/s1. The molecule has 0 saturated heterocycles. The highest BCUT2D eigenvalue weighted by Crippen LogP contribution is 2.35. The maximum Gasteiger partial charge on any atom is 0.163 e. The van der Waals surface area contributed by atoms with Crippen LogP contribution in [0, 0.1) is 6.92 Å². The van der Waals surface area contributed by atoms with Gasteiger partial charge in [0.05, 0.1) is 19.5 Å². The summed E-state index contributed by atoms with van der Waals surface area (Å²) in [6, 6.07) is 5.26. The number of nitrogens with zero attached hydrogens (tertiary/aromatic N) is 5. The number of methoxy groups -OCH3 is 3. The monoisotopic (exact) mass is 505 g/mol. The highest BCUT2D eigenvalue weighted by molar-refractivity contribution is 7.91. The first-order chi connectivity index (χ1) is 16.8. The fourth-order valence-corrected chi connectivity index (χ4v) is 5.02. The molecule has 35 heavy (non-hydrogen) atoms. The van der Waals surface area contributed by atoms with Crippen molar-refractivity contribution in [1.29, 1.82) is 0 Å². The quantitative estimate of drug-likeness (QED) is 0.362. The molecule has 0 spiro atoms. The summed E-state index contributed by atoms with van der Waals surface area (Å²) in [5.41, 5.74) is 1.35. The van der Waals surface area contributed by atoms with Crippen molar-refractivity contribution in [2.45, 2.75) is 44.5 Å². The zero-order valence-electron chi connectivity index (χ0n) is 20.8. The summed E-state index contributed by atoms with van der Waals surface area (Å²) in [6.07, 6.45) is 2.42. The Kier molecular flexibility index (Phi) is 8.76. The van der Waals surface area contributed by atoms with Gasteiger partial charge >= 0.3 is 0 Å². The molecule has 0 amide bonds. The molecule has 2 heterocycles. The molecule has 0 saturated carbocycles. The zero-order chi connectivity index (χ0) is 25.6. The number of hydrogen-bond donors (Lipinski definition) is 0. The fourth-order valence-electron chi connectivity index (χ4n) is 3.63. The molecule has 0 radical (unpaired) electrons. The van der Waals surface area contributed by atoms with Crippen LogP contribution in [0.3, 0.4) is 0 Å². The summed E-state index contributed by atoms with van der Waals surface area (Å²) in [5, 5.41) is 7.41. The third-order valence-electron chi connectivity index (χ3n) is 5.42. The van der Waals surface area contributed by atoms with Gasteiger partial charge in [0.15, 0.2) is 27.3 Å². The van der Waals surface area contributed by atoms with E-state index in [0.717, 1.165) is 5.56 Å². The van der Waals surface area contributed by atoms with Gasteiger partial charge in [-0.05, 0) is 38.5 Å². The highest BCUT2D eigenvalue weighted by atomic mass is 32.2. The Labute approximate surface area is 205 Å². The Morgan fingerprint density at radius 1 is 1.00 bits per heavy atom. The van der Waals surface area contributed by atoms with Crippen molar-refractivity contribution in [1.82, 2.24) is 24.7 Å². The predicted octanol–water partition coefficient (Wildman–Crippen LogP) is 2.61. The molecular weight excluding hydrogens is 474 g/mol. The van der Waals surface area contributed by atoms with E-state index in [-0.39, 0.29) is 12.4 Å². The Morgan fingerprint density at radius 2 is 1.60 bits per heavy atom. The molecule has 2 aromatic heterocycles. The molecule has 2 atom stereocenters. The van der Waals surface area contributed by atoms with Crippen molar-refractivity contribution in [3.05, 3.63) is 53.6 Å². The summed E-state index contributed by atoms with van der Waals surface area (Å²) in [7, 11) is 0.742. The number of para-hydroxylation sites is 1. The van der Waals surface area contributed by atoms with Gasteiger partial charge < -0.3 is 18.9 Å². The lowest BCUT2D eigenvalue weighted by Gasteiger charge is -2.23. The number of aryl methyl sites for hydroxylation is 1. The van der Waals surface area contributed by atoms with Crippen LogP contribution in [-0.4, -0.2) is 66.3 Å². The van der Waals surface area contributed by atoms with E-state index in [0.29, 0.717) is 35.4 Å². The number of benzene rings is 1. The highest BCUT2D eigenvalue weighted by Gasteiger charge is 2.35. The number of sulfone groups is 1. The molecule has 1 aromatic carbocycles. The maximum absolute atomic E-state index is 13.6. The van der Waals surface area contributed by atoms with Crippen LogP contribution in [0.15, 0.2) is 30.6 Å². The van der Waals surface area contributed by atoms with Crippen molar-refractivity contribution >= 4 is 9.84 Å². The van der Waals surface area contributed by atoms with Gasteiger partial charge in [-0.15, -0.1) is 10.2 Å². The first kappa shape index (κ1) is 26.5. The van der Waals surface area contributed by atoms with Gasteiger partial charge in [-0.3, -0.25) is 4.57 Å². The van der Waals surface area contributed by atoms with Gasteiger partial charge in [-0.2, -0.15) is 0 Å².